The molecule has 1 aromatic heterocycles. The maximum Gasteiger partial charge on any atom is 0.240 e. The molecular weight excluding hydrogens is 430 g/mol. The molecule has 2 aromatic carbocycles. The third-order valence-corrected chi connectivity index (χ3v) is 7.13. The van der Waals surface area contributed by atoms with Gasteiger partial charge in [0, 0.05) is 29.1 Å². The first-order valence-electron chi connectivity index (χ1n) is 11.9. The highest BCUT2D eigenvalue weighted by atomic mass is 16.5. The molecule has 5 rings (SSSR count). The van der Waals surface area contributed by atoms with Gasteiger partial charge in [0.15, 0.2) is 5.78 Å². The minimum absolute atomic E-state index is 0.00813. The first-order valence-corrected chi connectivity index (χ1v) is 11.9. The van der Waals surface area contributed by atoms with Crippen molar-refractivity contribution < 1.29 is 14.3 Å². The molecule has 1 N–H and O–H groups in total. The summed E-state index contributed by atoms with van der Waals surface area (Å²) in [7, 11) is 1.61. The van der Waals surface area contributed by atoms with Crippen LogP contribution in [-0.2, 0) is 11.3 Å². The highest BCUT2D eigenvalue weighted by Gasteiger charge is 2.38. The third-order valence-electron chi connectivity index (χ3n) is 7.13. The van der Waals surface area contributed by atoms with Gasteiger partial charge in [0.25, 0.3) is 0 Å². The van der Waals surface area contributed by atoms with Crippen LogP contribution in [0, 0.1) is 5.92 Å². The fourth-order valence-electron chi connectivity index (χ4n) is 5.22. The van der Waals surface area contributed by atoms with Crippen LogP contribution in [0.2, 0.25) is 0 Å². The molecule has 2 aliphatic heterocycles. The Labute approximate surface area is 198 Å². The van der Waals surface area contributed by atoms with Crippen molar-refractivity contribution in [2.75, 3.05) is 26.7 Å². The number of Topliss-reactive ketones (excluding diaryl/α,β-unsaturated/α-hetero) is 1. The van der Waals surface area contributed by atoms with E-state index in [4.69, 9.17) is 4.74 Å². The second-order valence-corrected chi connectivity index (χ2v) is 9.17. The van der Waals surface area contributed by atoms with Crippen molar-refractivity contribution in [1.29, 1.82) is 0 Å². The van der Waals surface area contributed by atoms with Gasteiger partial charge in [-0.1, -0.05) is 18.2 Å². The van der Waals surface area contributed by atoms with Crippen molar-refractivity contribution in [1.82, 2.24) is 14.8 Å². The predicted octanol–water partition coefficient (Wildman–Crippen LogP) is 3.23. The fourth-order valence-corrected chi connectivity index (χ4v) is 5.22. The van der Waals surface area contributed by atoms with Crippen LogP contribution in [0.4, 0.5) is 0 Å². The Balaban J connectivity index is 1.19. The lowest BCUT2D eigenvalue weighted by atomic mass is 9.88. The van der Waals surface area contributed by atoms with Crippen LogP contribution in [0.15, 0.2) is 59.4 Å². The van der Waals surface area contributed by atoms with E-state index in [1.165, 1.54) is 0 Å². The summed E-state index contributed by atoms with van der Waals surface area (Å²) in [5.74, 6) is 1.04. The number of H-pyrrole nitrogens is 1. The largest absolute Gasteiger partial charge is 0.497 e. The predicted molar refractivity (Wildman–Crippen MR) is 130 cm³/mol. The molecule has 2 saturated heterocycles. The lowest BCUT2D eigenvalue weighted by Gasteiger charge is -2.34. The molecule has 34 heavy (non-hydrogen) atoms. The number of carbonyl (C=O) groups is 2. The number of ketones is 1. The number of fused-ring (bicyclic) bond motifs is 1. The first kappa shape index (κ1) is 22.3. The number of carbonyl (C=O) groups excluding carboxylic acids is 2. The van der Waals surface area contributed by atoms with E-state index in [0.29, 0.717) is 18.6 Å². The lowest BCUT2D eigenvalue weighted by molar-refractivity contribution is -0.133. The van der Waals surface area contributed by atoms with Crippen molar-refractivity contribution >= 4 is 22.6 Å². The quantitative estimate of drug-likeness (QED) is 0.573. The Hall–Kier alpha value is -3.45. The van der Waals surface area contributed by atoms with Crippen LogP contribution < -0.4 is 10.2 Å². The summed E-state index contributed by atoms with van der Waals surface area (Å²) in [6, 6.07) is 16.1. The number of amides is 1. The number of nitrogens with zero attached hydrogens (tertiary/aromatic N) is 2. The number of methoxy groups -OCH3 is 1. The molecule has 3 aromatic rings. The molecule has 2 aliphatic rings. The standard InChI is InChI=1S/C27H29N3O4/c1-34-22-8-6-18(7-9-22)26(32)19-10-13-29(14-11-19)23-12-15-30(27(23)33)17-21-16-20-4-2-3-5-24(31)25(20)28-21/h2-9,16,19,23,28H,10-15,17H2,1H3. The van der Waals surface area contributed by atoms with Gasteiger partial charge >= 0.3 is 0 Å². The van der Waals surface area contributed by atoms with Gasteiger partial charge in [-0.2, -0.15) is 0 Å². The van der Waals surface area contributed by atoms with E-state index >= 15 is 0 Å². The second-order valence-electron chi connectivity index (χ2n) is 9.17. The van der Waals surface area contributed by atoms with Crippen LogP contribution in [-0.4, -0.2) is 59.3 Å². The smallest absolute Gasteiger partial charge is 0.240 e. The topological polar surface area (TPSA) is 82.7 Å². The van der Waals surface area contributed by atoms with Crippen LogP contribution >= 0.6 is 0 Å². The van der Waals surface area contributed by atoms with Gasteiger partial charge in [0.2, 0.25) is 11.3 Å². The number of rotatable bonds is 6. The molecular formula is C27H29N3O4. The molecule has 176 valence electrons. The highest BCUT2D eigenvalue weighted by Crippen LogP contribution is 2.28. The maximum absolute atomic E-state index is 13.2. The molecule has 0 spiro atoms. The molecule has 1 unspecified atom stereocenters. The van der Waals surface area contributed by atoms with E-state index in [0.717, 1.165) is 54.7 Å². The van der Waals surface area contributed by atoms with Crippen LogP contribution in [0.1, 0.15) is 35.3 Å². The number of aromatic amines is 1. The summed E-state index contributed by atoms with van der Waals surface area (Å²) in [5, 5.41) is 0.858. The average Bonchev–Trinajstić information content (AvgIpc) is 3.39. The molecule has 0 bridgehead atoms. The van der Waals surface area contributed by atoms with Crippen LogP contribution in [0.25, 0.3) is 10.9 Å². The number of nitrogens with one attached hydrogen (secondary N) is 1. The number of piperidine rings is 1. The summed E-state index contributed by atoms with van der Waals surface area (Å²) in [6.07, 6.45) is 2.32. The zero-order valence-corrected chi connectivity index (χ0v) is 19.3. The van der Waals surface area contributed by atoms with E-state index in [9.17, 15) is 14.4 Å². The molecule has 7 nitrogen and oxygen atoms in total. The minimum atomic E-state index is -0.130. The van der Waals surface area contributed by atoms with Gasteiger partial charge in [-0.05, 0) is 68.8 Å². The van der Waals surface area contributed by atoms with Gasteiger partial charge in [-0.15, -0.1) is 0 Å². The Morgan fingerprint density at radius 1 is 1.00 bits per heavy atom. The van der Waals surface area contributed by atoms with Crippen molar-refractivity contribution in [2.24, 2.45) is 5.92 Å². The zero-order chi connectivity index (χ0) is 23.7. The maximum atomic E-state index is 13.2. The molecule has 1 amide bonds. The summed E-state index contributed by atoms with van der Waals surface area (Å²) in [6.45, 7) is 2.67. The van der Waals surface area contributed by atoms with Crippen molar-refractivity contribution in [3.05, 3.63) is 76.1 Å². The summed E-state index contributed by atoms with van der Waals surface area (Å²) >= 11 is 0. The summed E-state index contributed by atoms with van der Waals surface area (Å²) < 4.78 is 5.18. The van der Waals surface area contributed by atoms with Crippen molar-refractivity contribution in [2.45, 2.75) is 31.8 Å². The van der Waals surface area contributed by atoms with E-state index < -0.39 is 0 Å². The molecule has 0 saturated carbocycles. The lowest BCUT2D eigenvalue weighted by Crippen LogP contribution is -2.46. The van der Waals surface area contributed by atoms with Crippen LogP contribution in [0.5, 0.6) is 5.75 Å². The Morgan fingerprint density at radius 2 is 1.74 bits per heavy atom. The first-order chi connectivity index (χ1) is 16.5. The molecule has 7 heteroatoms. The number of ether oxygens (including phenoxy) is 1. The van der Waals surface area contributed by atoms with E-state index in [-0.39, 0.29) is 29.1 Å². The Morgan fingerprint density at radius 3 is 2.47 bits per heavy atom. The highest BCUT2D eigenvalue weighted by molar-refractivity contribution is 5.98. The third kappa shape index (κ3) is 4.35. The average molecular weight is 460 g/mol. The number of benzene rings is 1. The monoisotopic (exact) mass is 459 g/mol. The van der Waals surface area contributed by atoms with Gasteiger partial charge < -0.3 is 14.6 Å². The van der Waals surface area contributed by atoms with E-state index in [2.05, 4.69) is 9.88 Å². The van der Waals surface area contributed by atoms with Crippen molar-refractivity contribution in [3.63, 3.8) is 0 Å². The minimum Gasteiger partial charge on any atom is -0.497 e. The Kier molecular flexibility index (Phi) is 6.20. The SMILES string of the molecule is COc1ccc(C(=O)C2CCN(C3CCN(Cc4cc5ccccc(=O)c5[nH]4)C3=O)CC2)cc1. The van der Waals surface area contributed by atoms with Gasteiger partial charge in [-0.3, -0.25) is 19.3 Å². The molecule has 1 atom stereocenters. The van der Waals surface area contributed by atoms with Gasteiger partial charge in [-0.25, -0.2) is 0 Å². The summed E-state index contributed by atoms with van der Waals surface area (Å²) in [4.78, 5) is 45.6. The Bertz CT molecular complexity index is 1260. The van der Waals surface area contributed by atoms with E-state index in [1.54, 1.807) is 19.2 Å². The molecule has 2 fully saturated rings. The normalized spacial score (nSPS) is 19.6. The number of likely N-dealkylation sites (tertiary alicyclic amines) is 2. The van der Waals surface area contributed by atoms with Gasteiger partial charge in [0.05, 0.1) is 25.2 Å². The molecule has 0 aliphatic carbocycles. The number of hydrogen-bond acceptors (Lipinski definition) is 5. The fraction of sp³-hybridized carbons (Fsp3) is 0.370. The van der Waals surface area contributed by atoms with Crippen LogP contribution in [0.3, 0.4) is 0 Å². The zero-order valence-electron chi connectivity index (χ0n) is 19.3. The number of hydrogen-bond donors (Lipinski definition) is 1. The second kappa shape index (κ2) is 9.43. The van der Waals surface area contributed by atoms with Gasteiger partial charge in [0.1, 0.15) is 5.75 Å². The molecule has 3 heterocycles. The summed E-state index contributed by atoms with van der Waals surface area (Å²) in [5.41, 5.74) is 2.11. The van der Waals surface area contributed by atoms with E-state index in [1.807, 2.05) is 47.4 Å². The van der Waals surface area contributed by atoms with Crippen molar-refractivity contribution in [3.8, 4) is 5.75 Å². The molecule has 0 radical (unpaired) electrons. The number of aromatic nitrogens is 1.